The van der Waals surface area contributed by atoms with E-state index in [0.717, 1.165) is 0 Å². The number of hydrogen-bond donors (Lipinski definition) is 3. The fourth-order valence-electron chi connectivity index (χ4n) is 1.89. The van der Waals surface area contributed by atoms with Gasteiger partial charge in [-0.1, -0.05) is 0 Å². The zero-order chi connectivity index (χ0) is 16.3. The van der Waals surface area contributed by atoms with Gasteiger partial charge < -0.3 is 11.1 Å². The molecule has 0 bridgehead atoms. The van der Waals surface area contributed by atoms with Gasteiger partial charge in [-0.15, -0.1) is 0 Å². The predicted molar refractivity (Wildman–Crippen MR) is 88.3 cm³/mol. The number of halogens is 1. The van der Waals surface area contributed by atoms with Gasteiger partial charge in [0.25, 0.3) is 5.91 Å². The van der Waals surface area contributed by atoms with Crippen LogP contribution in [-0.2, 0) is 0 Å². The number of aromatic nitrogens is 1. The SMILES string of the molecule is Cc1cc(C#N)cnc1C(=O)Nc1ccc(N)c(C(=N)Br)c1. The maximum Gasteiger partial charge on any atom is 0.274 e. The summed E-state index contributed by atoms with van der Waals surface area (Å²) in [5.41, 5.74) is 8.44. The van der Waals surface area contributed by atoms with Crippen molar-refractivity contribution < 1.29 is 4.79 Å². The zero-order valence-electron chi connectivity index (χ0n) is 11.6. The van der Waals surface area contributed by atoms with Crippen LogP contribution < -0.4 is 11.1 Å². The van der Waals surface area contributed by atoms with Gasteiger partial charge in [0.1, 0.15) is 16.4 Å². The molecule has 0 unspecified atom stereocenters. The highest BCUT2D eigenvalue weighted by Gasteiger charge is 2.13. The monoisotopic (exact) mass is 357 g/mol. The Morgan fingerprint density at radius 2 is 2.18 bits per heavy atom. The molecular weight excluding hydrogens is 346 g/mol. The molecule has 2 aromatic rings. The third-order valence-electron chi connectivity index (χ3n) is 2.97. The third kappa shape index (κ3) is 3.30. The lowest BCUT2D eigenvalue weighted by Gasteiger charge is -2.09. The molecule has 4 N–H and O–H groups in total. The summed E-state index contributed by atoms with van der Waals surface area (Å²) in [6, 6.07) is 8.43. The van der Waals surface area contributed by atoms with Gasteiger partial charge in [0.2, 0.25) is 0 Å². The number of hydrogen-bond acceptors (Lipinski definition) is 5. The molecule has 0 aliphatic carbocycles. The second kappa shape index (κ2) is 6.37. The van der Waals surface area contributed by atoms with Gasteiger partial charge in [0.15, 0.2) is 0 Å². The van der Waals surface area contributed by atoms with E-state index in [-0.39, 0.29) is 16.2 Å². The fourth-order valence-corrected chi connectivity index (χ4v) is 2.23. The van der Waals surface area contributed by atoms with E-state index >= 15 is 0 Å². The van der Waals surface area contributed by atoms with Crippen LogP contribution >= 0.6 is 15.9 Å². The number of nitrogens with one attached hydrogen (secondary N) is 2. The van der Waals surface area contributed by atoms with Crippen LogP contribution in [0.1, 0.15) is 27.2 Å². The van der Waals surface area contributed by atoms with Gasteiger partial charge in [-0.25, -0.2) is 4.98 Å². The molecule has 1 aromatic carbocycles. The number of carbonyl (C=O) groups excluding carboxylic acids is 1. The second-order valence-electron chi connectivity index (χ2n) is 4.57. The number of anilines is 2. The lowest BCUT2D eigenvalue weighted by molar-refractivity contribution is 0.102. The number of amides is 1. The average Bonchev–Trinajstić information content (AvgIpc) is 2.48. The first-order valence-electron chi connectivity index (χ1n) is 6.24. The summed E-state index contributed by atoms with van der Waals surface area (Å²) in [7, 11) is 0. The third-order valence-corrected chi connectivity index (χ3v) is 3.40. The molecule has 0 radical (unpaired) electrons. The van der Waals surface area contributed by atoms with E-state index in [0.29, 0.717) is 28.1 Å². The Labute approximate surface area is 135 Å². The van der Waals surface area contributed by atoms with Gasteiger partial charge >= 0.3 is 0 Å². The summed E-state index contributed by atoms with van der Waals surface area (Å²) in [6.45, 7) is 1.71. The van der Waals surface area contributed by atoms with Gasteiger partial charge in [-0.3, -0.25) is 10.2 Å². The van der Waals surface area contributed by atoms with Crippen molar-refractivity contribution in [2.45, 2.75) is 6.92 Å². The molecule has 0 aliphatic rings. The van der Waals surface area contributed by atoms with Crippen LogP contribution in [0.2, 0.25) is 0 Å². The minimum absolute atomic E-state index is 0.133. The van der Waals surface area contributed by atoms with Crippen LogP contribution in [0.3, 0.4) is 0 Å². The molecule has 7 heteroatoms. The first-order chi connectivity index (χ1) is 10.4. The first kappa shape index (κ1) is 15.7. The van der Waals surface area contributed by atoms with Gasteiger partial charge in [-0.05, 0) is 52.7 Å². The van der Waals surface area contributed by atoms with E-state index in [1.165, 1.54) is 6.20 Å². The van der Waals surface area contributed by atoms with Gasteiger partial charge in [0.05, 0.1) is 5.56 Å². The van der Waals surface area contributed by atoms with Crippen molar-refractivity contribution in [2.24, 2.45) is 0 Å². The number of nitrogen functional groups attached to an aromatic ring is 1. The molecule has 0 atom stereocenters. The molecule has 1 aromatic heterocycles. The maximum absolute atomic E-state index is 12.2. The van der Waals surface area contributed by atoms with Crippen LogP contribution in [0.25, 0.3) is 0 Å². The first-order valence-corrected chi connectivity index (χ1v) is 7.03. The van der Waals surface area contributed by atoms with Crippen molar-refractivity contribution in [1.29, 1.82) is 10.7 Å². The summed E-state index contributed by atoms with van der Waals surface area (Å²) >= 11 is 3.05. The molecule has 0 spiro atoms. The topological polar surface area (TPSA) is 116 Å². The van der Waals surface area contributed by atoms with Crippen LogP contribution in [0.5, 0.6) is 0 Å². The Hall–Kier alpha value is -2.72. The molecule has 0 aliphatic heterocycles. The fraction of sp³-hybridized carbons (Fsp3) is 0.0667. The number of nitriles is 1. The molecule has 0 saturated carbocycles. The number of nitrogens with two attached hydrogens (primary N) is 1. The zero-order valence-corrected chi connectivity index (χ0v) is 13.2. The highest BCUT2D eigenvalue weighted by atomic mass is 79.9. The van der Waals surface area contributed by atoms with E-state index in [1.807, 2.05) is 6.07 Å². The molecule has 1 heterocycles. The Bertz CT molecular complexity index is 810. The standard InChI is InChI=1S/C15H12BrN5O/c1-8-4-9(6-17)7-20-13(8)15(22)21-10-2-3-12(18)11(5-10)14(16)19/h2-5,7,19H,18H2,1H3,(H,21,22). The number of aryl methyl sites for hydroxylation is 1. The number of nitrogens with zero attached hydrogens (tertiary/aromatic N) is 2. The summed E-state index contributed by atoms with van der Waals surface area (Å²) in [5, 5.41) is 19.1. The van der Waals surface area contributed by atoms with Crippen molar-refractivity contribution in [2.75, 3.05) is 11.1 Å². The van der Waals surface area contributed by atoms with E-state index in [1.54, 1.807) is 31.2 Å². The quantitative estimate of drug-likeness (QED) is 0.578. The van der Waals surface area contributed by atoms with Gasteiger partial charge in [0, 0.05) is 23.1 Å². The molecule has 2 rings (SSSR count). The number of carbonyl (C=O) groups is 1. The minimum Gasteiger partial charge on any atom is -0.398 e. The van der Waals surface area contributed by atoms with Crippen molar-refractivity contribution in [1.82, 2.24) is 4.98 Å². The number of pyridine rings is 1. The summed E-state index contributed by atoms with van der Waals surface area (Å²) in [6.07, 6.45) is 1.35. The Morgan fingerprint density at radius 3 is 2.77 bits per heavy atom. The summed E-state index contributed by atoms with van der Waals surface area (Å²) in [5.74, 6) is -0.390. The average molecular weight is 358 g/mol. The lowest BCUT2D eigenvalue weighted by atomic mass is 10.1. The lowest BCUT2D eigenvalue weighted by Crippen LogP contribution is -2.16. The van der Waals surface area contributed by atoms with E-state index in [4.69, 9.17) is 16.4 Å². The molecule has 110 valence electrons. The van der Waals surface area contributed by atoms with Crippen molar-refractivity contribution in [3.8, 4) is 6.07 Å². The normalized spacial score (nSPS) is 9.86. The number of benzene rings is 1. The van der Waals surface area contributed by atoms with Gasteiger partial charge in [-0.2, -0.15) is 5.26 Å². The highest BCUT2D eigenvalue weighted by molar-refractivity contribution is 9.18. The van der Waals surface area contributed by atoms with Crippen LogP contribution in [0, 0.1) is 23.7 Å². The highest BCUT2D eigenvalue weighted by Crippen LogP contribution is 2.21. The Balaban J connectivity index is 2.28. The predicted octanol–water partition coefficient (Wildman–Crippen LogP) is 2.82. The van der Waals surface area contributed by atoms with E-state index < -0.39 is 0 Å². The second-order valence-corrected chi connectivity index (χ2v) is 5.36. The summed E-state index contributed by atoms with van der Waals surface area (Å²) < 4.78 is 0.133. The molecule has 0 saturated heterocycles. The molecule has 0 fully saturated rings. The van der Waals surface area contributed by atoms with E-state index in [2.05, 4.69) is 26.2 Å². The maximum atomic E-state index is 12.2. The minimum atomic E-state index is -0.390. The van der Waals surface area contributed by atoms with Crippen molar-refractivity contribution in [3.05, 3.63) is 52.8 Å². The largest absolute Gasteiger partial charge is 0.398 e. The molecular formula is C15H12BrN5O. The molecule has 22 heavy (non-hydrogen) atoms. The molecule has 6 nitrogen and oxygen atoms in total. The smallest absolute Gasteiger partial charge is 0.274 e. The van der Waals surface area contributed by atoms with E-state index in [9.17, 15) is 4.79 Å². The van der Waals surface area contributed by atoms with Crippen LogP contribution in [0.4, 0.5) is 11.4 Å². The Kier molecular flexibility index (Phi) is 4.53. The number of rotatable bonds is 3. The van der Waals surface area contributed by atoms with Crippen molar-refractivity contribution >= 4 is 37.8 Å². The van der Waals surface area contributed by atoms with Crippen molar-refractivity contribution in [3.63, 3.8) is 0 Å². The molecule has 1 amide bonds. The van der Waals surface area contributed by atoms with Crippen LogP contribution in [0.15, 0.2) is 30.5 Å². The Morgan fingerprint density at radius 1 is 1.45 bits per heavy atom. The summed E-state index contributed by atoms with van der Waals surface area (Å²) in [4.78, 5) is 16.3. The van der Waals surface area contributed by atoms with Crippen LogP contribution in [-0.4, -0.2) is 15.5 Å².